The van der Waals surface area contributed by atoms with Crippen molar-refractivity contribution in [1.82, 2.24) is 0 Å². The number of amides is 1. The van der Waals surface area contributed by atoms with Crippen molar-refractivity contribution < 1.29 is 14.3 Å². The number of rotatable bonds is 1. The van der Waals surface area contributed by atoms with Gasteiger partial charge in [0.15, 0.2) is 11.6 Å². The molecule has 0 aliphatic carbocycles. The van der Waals surface area contributed by atoms with Crippen LogP contribution in [0.4, 0.5) is 10.1 Å². The number of phenolic OH excluding ortho intramolecular Hbond substituents is 1. The molecule has 1 aromatic rings. The zero-order chi connectivity index (χ0) is 11.7. The minimum absolute atomic E-state index is 0.103. The fourth-order valence-corrected chi connectivity index (χ4v) is 1.74. The number of benzene rings is 1. The van der Waals surface area contributed by atoms with Crippen LogP contribution in [-0.2, 0) is 4.79 Å². The maximum atomic E-state index is 12.8. The number of nitrogens with zero attached hydrogens (tertiary/aromatic N) is 1. The number of halogens is 1. The molecule has 0 spiro atoms. The van der Waals surface area contributed by atoms with E-state index in [1.54, 1.807) is 0 Å². The molecule has 2 rings (SSSR count). The van der Waals surface area contributed by atoms with E-state index >= 15 is 0 Å². The number of hydrogen-bond acceptors (Lipinski definition) is 2. The van der Waals surface area contributed by atoms with Gasteiger partial charge in [0, 0.05) is 30.6 Å². The first-order chi connectivity index (χ1) is 7.61. The van der Waals surface area contributed by atoms with Crippen molar-refractivity contribution in [3.63, 3.8) is 0 Å². The van der Waals surface area contributed by atoms with Crippen molar-refractivity contribution in [2.45, 2.75) is 6.42 Å². The summed E-state index contributed by atoms with van der Waals surface area (Å²) in [7, 11) is 0. The van der Waals surface area contributed by atoms with Crippen LogP contribution in [0.5, 0.6) is 5.75 Å². The molecular formula is C12H10FNO2. The summed E-state index contributed by atoms with van der Waals surface area (Å²) >= 11 is 0. The van der Waals surface area contributed by atoms with Crippen LogP contribution >= 0.6 is 0 Å². The Kier molecular flexibility index (Phi) is 2.53. The highest BCUT2D eigenvalue weighted by molar-refractivity contribution is 5.96. The number of terminal acetylenes is 1. The van der Waals surface area contributed by atoms with Gasteiger partial charge in [0.25, 0.3) is 0 Å². The van der Waals surface area contributed by atoms with Crippen LogP contribution in [-0.4, -0.2) is 17.6 Å². The lowest BCUT2D eigenvalue weighted by atomic mass is 10.1. The molecule has 3 nitrogen and oxygen atoms in total. The summed E-state index contributed by atoms with van der Waals surface area (Å²) < 4.78 is 12.8. The summed E-state index contributed by atoms with van der Waals surface area (Å²) in [5, 5.41) is 9.22. The van der Waals surface area contributed by atoms with Crippen molar-refractivity contribution in [3.05, 3.63) is 24.0 Å². The molecule has 1 aliphatic heterocycles. The van der Waals surface area contributed by atoms with Crippen LogP contribution in [0, 0.1) is 24.1 Å². The van der Waals surface area contributed by atoms with Crippen LogP contribution in [0.15, 0.2) is 18.2 Å². The van der Waals surface area contributed by atoms with Crippen LogP contribution < -0.4 is 4.90 Å². The third kappa shape index (κ3) is 1.72. The quantitative estimate of drug-likeness (QED) is 0.727. The lowest BCUT2D eigenvalue weighted by molar-refractivity contribution is -0.117. The van der Waals surface area contributed by atoms with Gasteiger partial charge in [0.05, 0.1) is 0 Å². The number of carbonyl (C=O) groups is 1. The van der Waals surface area contributed by atoms with Gasteiger partial charge in [-0.15, -0.1) is 12.3 Å². The summed E-state index contributed by atoms with van der Waals surface area (Å²) in [5.41, 5.74) is 0.474. The lowest BCUT2D eigenvalue weighted by Gasteiger charge is -2.16. The molecule has 16 heavy (non-hydrogen) atoms. The maximum Gasteiger partial charge on any atom is 0.228 e. The molecule has 1 aromatic carbocycles. The van der Waals surface area contributed by atoms with Gasteiger partial charge in [-0.3, -0.25) is 4.79 Å². The monoisotopic (exact) mass is 219 g/mol. The van der Waals surface area contributed by atoms with Gasteiger partial charge in [-0.05, 0) is 12.1 Å². The highest BCUT2D eigenvalue weighted by atomic mass is 19.1. The summed E-state index contributed by atoms with van der Waals surface area (Å²) in [5.74, 6) is 1.14. The zero-order valence-corrected chi connectivity index (χ0v) is 8.48. The summed E-state index contributed by atoms with van der Waals surface area (Å²) in [6.07, 6.45) is 5.55. The van der Waals surface area contributed by atoms with Crippen molar-refractivity contribution in [3.8, 4) is 18.1 Å². The lowest BCUT2D eigenvalue weighted by Crippen LogP contribution is -2.24. The molecule has 1 aliphatic rings. The first kappa shape index (κ1) is 10.5. The Bertz CT molecular complexity index is 478. The predicted octanol–water partition coefficient (Wildman–Crippen LogP) is 1.52. The Morgan fingerprint density at radius 3 is 2.88 bits per heavy atom. The van der Waals surface area contributed by atoms with Gasteiger partial charge in [0.2, 0.25) is 5.91 Å². The first-order valence-corrected chi connectivity index (χ1v) is 4.87. The van der Waals surface area contributed by atoms with Gasteiger partial charge < -0.3 is 10.0 Å². The molecule has 1 amide bonds. The van der Waals surface area contributed by atoms with E-state index in [9.17, 15) is 14.3 Å². The molecule has 1 heterocycles. The number of hydrogen-bond donors (Lipinski definition) is 1. The average molecular weight is 219 g/mol. The molecule has 1 atom stereocenters. The van der Waals surface area contributed by atoms with E-state index in [4.69, 9.17) is 6.42 Å². The zero-order valence-electron chi connectivity index (χ0n) is 8.48. The Balaban J connectivity index is 2.29. The minimum Gasteiger partial charge on any atom is -0.505 e. The Hall–Kier alpha value is -2.02. The van der Waals surface area contributed by atoms with E-state index in [2.05, 4.69) is 5.92 Å². The van der Waals surface area contributed by atoms with E-state index in [1.165, 1.54) is 17.0 Å². The topological polar surface area (TPSA) is 40.5 Å². The van der Waals surface area contributed by atoms with Crippen LogP contribution in [0.25, 0.3) is 0 Å². The number of anilines is 1. The molecule has 82 valence electrons. The molecule has 4 heteroatoms. The second-order valence-electron chi connectivity index (χ2n) is 3.71. The molecule has 0 aromatic heterocycles. The van der Waals surface area contributed by atoms with Gasteiger partial charge in [-0.25, -0.2) is 4.39 Å². The van der Waals surface area contributed by atoms with Crippen molar-refractivity contribution in [2.75, 3.05) is 11.4 Å². The van der Waals surface area contributed by atoms with E-state index < -0.39 is 11.6 Å². The highest BCUT2D eigenvalue weighted by Crippen LogP contribution is 2.28. The normalized spacial score (nSPS) is 19.9. The summed E-state index contributed by atoms with van der Waals surface area (Å²) in [4.78, 5) is 13.1. The second kappa shape index (κ2) is 3.86. The predicted molar refractivity (Wildman–Crippen MR) is 57.4 cm³/mol. The van der Waals surface area contributed by atoms with Crippen molar-refractivity contribution in [2.24, 2.45) is 5.92 Å². The summed E-state index contributed by atoms with van der Waals surface area (Å²) in [6, 6.07) is 3.80. The number of carbonyl (C=O) groups excluding carboxylic acids is 1. The smallest absolute Gasteiger partial charge is 0.228 e. The average Bonchev–Trinajstić information content (AvgIpc) is 2.64. The molecular weight excluding hydrogens is 209 g/mol. The Morgan fingerprint density at radius 2 is 2.31 bits per heavy atom. The maximum absolute atomic E-state index is 12.8. The largest absolute Gasteiger partial charge is 0.505 e. The third-order valence-corrected chi connectivity index (χ3v) is 2.60. The van der Waals surface area contributed by atoms with Crippen LogP contribution in [0.2, 0.25) is 0 Å². The number of phenols is 1. The Morgan fingerprint density at radius 1 is 1.56 bits per heavy atom. The van der Waals surface area contributed by atoms with Crippen molar-refractivity contribution >= 4 is 11.6 Å². The molecule has 1 unspecified atom stereocenters. The third-order valence-electron chi connectivity index (χ3n) is 2.60. The van der Waals surface area contributed by atoms with Crippen LogP contribution in [0.3, 0.4) is 0 Å². The van der Waals surface area contributed by atoms with E-state index in [-0.39, 0.29) is 11.8 Å². The number of aromatic hydroxyl groups is 1. The van der Waals surface area contributed by atoms with E-state index in [1.807, 2.05) is 0 Å². The standard InChI is InChI=1S/C12H10FNO2/c1-2-8-5-12(16)14(7-8)9-3-4-10(13)11(15)6-9/h1,3-4,6,8,15H,5,7H2. The second-order valence-corrected chi connectivity index (χ2v) is 3.71. The Labute approximate surface area is 92.5 Å². The molecule has 1 saturated heterocycles. The fraction of sp³-hybridized carbons (Fsp3) is 0.250. The van der Waals surface area contributed by atoms with Crippen LogP contribution in [0.1, 0.15) is 6.42 Å². The van der Waals surface area contributed by atoms with Gasteiger partial charge in [-0.2, -0.15) is 0 Å². The minimum atomic E-state index is -0.705. The van der Waals surface area contributed by atoms with E-state index in [0.29, 0.717) is 18.7 Å². The summed E-state index contributed by atoms with van der Waals surface area (Å²) in [6.45, 7) is 0.417. The molecule has 0 radical (unpaired) electrons. The highest BCUT2D eigenvalue weighted by Gasteiger charge is 2.29. The molecule has 1 fully saturated rings. The van der Waals surface area contributed by atoms with Gasteiger partial charge in [0.1, 0.15) is 0 Å². The van der Waals surface area contributed by atoms with Gasteiger partial charge in [-0.1, -0.05) is 0 Å². The van der Waals surface area contributed by atoms with E-state index in [0.717, 1.165) is 6.07 Å². The van der Waals surface area contributed by atoms with Gasteiger partial charge >= 0.3 is 0 Å². The fourth-order valence-electron chi connectivity index (χ4n) is 1.74. The first-order valence-electron chi connectivity index (χ1n) is 4.87. The molecule has 0 bridgehead atoms. The molecule has 1 N–H and O–H groups in total. The SMILES string of the molecule is C#CC1CC(=O)N(c2ccc(F)c(O)c2)C1. The molecule has 0 saturated carbocycles. The van der Waals surface area contributed by atoms with Crippen molar-refractivity contribution in [1.29, 1.82) is 0 Å².